The van der Waals surface area contributed by atoms with Gasteiger partial charge in [-0.1, -0.05) is 27.7 Å². The normalized spacial score (nSPS) is 40.8. The summed E-state index contributed by atoms with van der Waals surface area (Å²) in [7, 11) is 0. The third-order valence-corrected chi connectivity index (χ3v) is 5.50. The fraction of sp³-hybridized carbons (Fsp3) is 1.00. The summed E-state index contributed by atoms with van der Waals surface area (Å²) in [6.45, 7) is 13.5. The van der Waals surface area contributed by atoms with Crippen molar-refractivity contribution in [1.82, 2.24) is 4.90 Å². The lowest BCUT2D eigenvalue weighted by atomic mass is 9.69. The van der Waals surface area contributed by atoms with Crippen molar-refractivity contribution in [2.75, 3.05) is 13.2 Å². The summed E-state index contributed by atoms with van der Waals surface area (Å²) < 4.78 is 5.85. The monoisotopic (exact) mass is 282 g/mol. The highest BCUT2D eigenvalue weighted by atomic mass is 16.5. The summed E-state index contributed by atoms with van der Waals surface area (Å²) >= 11 is 0. The minimum Gasteiger partial charge on any atom is -0.376 e. The van der Waals surface area contributed by atoms with Crippen LogP contribution in [0.3, 0.4) is 0 Å². The van der Waals surface area contributed by atoms with Crippen molar-refractivity contribution >= 4 is 0 Å². The summed E-state index contributed by atoms with van der Waals surface area (Å²) in [5, 5.41) is 0. The number of hydrogen-bond donors (Lipinski definition) is 1. The third kappa shape index (κ3) is 3.55. The van der Waals surface area contributed by atoms with Crippen LogP contribution in [-0.4, -0.2) is 42.3 Å². The molecule has 0 aromatic rings. The molecule has 2 fully saturated rings. The highest BCUT2D eigenvalue weighted by molar-refractivity contribution is 4.96. The van der Waals surface area contributed by atoms with Crippen LogP contribution in [0.5, 0.6) is 0 Å². The Morgan fingerprint density at radius 2 is 1.95 bits per heavy atom. The van der Waals surface area contributed by atoms with E-state index in [4.69, 9.17) is 10.5 Å². The second-order valence-electron chi connectivity index (χ2n) is 8.01. The van der Waals surface area contributed by atoms with Crippen molar-refractivity contribution in [3.05, 3.63) is 0 Å². The third-order valence-electron chi connectivity index (χ3n) is 5.50. The minimum atomic E-state index is 0.341. The van der Waals surface area contributed by atoms with Crippen molar-refractivity contribution in [2.24, 2.45) is 17.1 Å². The Kier molecular flexibility index (Phi) is 5.14. The van der Waals surface area contributed by atoms with Crippen molar-refractivity contribution in [2.45, 2.75) is 84.5 Å². The molecule has 0 aromatic heterocycles. The van der Waals surface area contributed by atoms with E-state index >= 15 is 0 Å². The molecule has 5 unspecified atom stereocenters. The number of nitrogens with zero attached hydrogens (tertiary/aromatic N) is 1. The average Bonchev–Trinajstić information content (AvgIpc) is 2.38. The molecule has 1 aliphatic heterocycles. The molecule has 0 radical (unpaired) electrons. The van der Waals surface area contributed by atoms with E-state index < -0.39 is 0 Å². The topological polar surface area (TPSA) is 38.5 Å². The molecule has 1 aliphatic carbocycles. The summed E-state index contributed by atoms with van der Waals surface area (Å²) in [5.74, 6) is 0.794. The quantitative estimate of drug-likeness (QED) is 0.846. The van der Waals surface area contributed by atoms with Gasteiger partial charge in [-0.2, -0.15) is 0 Å². The predicted octanol–water partition coefficient (Wildman–Crippen LogP) is 3.03. The highest BCUT2D eigenvalue weighted by Gasteiger charge is 2.40. The van der Waals surface area contributed by atoms with Gasteiger partial charge < -0.3 is 10.5 Å². The van der Waals surface area contributed by atoms with Gasteiger partial charge in [-0.25, -0.2) is 0 Å². The van der Waals surface area contributed by atoms with E-state index in [0.29, 0.717) is 29.6 Å². The minimum absolute atomic E-state index is 0.341. The Hall–Kier alpha value is -0.120. The van der Waals surface area contributed by atoms with Gasteiger partial charge in [-0.15, -0.1) is 0 Å². The second kappa shape index (κ2) is 6.33. The molecule has 2 aliphatic rings. The van der Waals surface area contributed by atoms with Crippen LogP contribution in [0, 0.1) is 11.3 Å². The van der Waals surface area contributed by atoms with Crippen molar-refractivity contribution < 1.29 is 4.74 Å². The number of morpholine rings is 1. The first-order valence-corrected chi connectivity index (χ1v) is 8.45. The van der Waals surface area contributed by atoms with Crippen molar-refractivity contribution in [3.63, 3.8) is 0 Å². The molecule has 0 spiro atoms. The second-order valence-corrected chi connectivity index (χ2v) is 8.01. The zero-order valence-electron chi connectivity index (χ0n) is 14.1. The number of ether oxygens (including phenoxy) is 1. The van der Waals surface area contributed by atoms with Crippen LogP contribution in [0.4, 0.5) is 0 Å². The van der Waals surface area contributed by atoms with Gasteiger partial charge in [0.15, 0.2) is 0 Å². The summed E-state index contributed by atoms with van der Waals surface area (Å²) in [6.07, 6.45) is 5.23. The Balaban J connectivity index is 2.10. The van der Waals surface area contributed by atoms with Crippen LogP contribution in [0.25, 0.3) is 0 Å². The lowest BCUT2D eigenvalue weighted by Gasteiger charge is -2.50. The van der Waals surface area contributed by atoms with E-state index in [9.17, 15) is 0 Å². The van der Waals surface area contributed by atoms with Crippen molar-refractivity contribution in [1.29, 1.82) is 0 Å². The Morgan fingerprint density at radius 1 is 1.25 bits per heavy atom. The number of rotatable bonds is 2. The average molecular weight is 282 g/mol. The lowest BCUT2D eigenvalue weighted by Crippen LogP contribution is -2.60. The van der Waals surface area contributed by atoms with Gasteiger partial charge in [-0.05, 0) is 43.9 Å². The standard InChI is InChI=1S/C17H34N2O/c1-6-14-11-20-12(2)10-19(14)16-9-13(17(3,4)5)7-8-15(16)18/h12-16H,6-11,18H2,1-5H3. The molecular weight excluding hydrogens is 248 g/mol. The highest BCUT2D eigenvalue weighted by Crippen LogP contribution is 2.40. The molecule has 1 heterocycles. The Bertz CT molecular complexity index is 313. The van der Waals surface area contributed by atoms with Gasteiger partial charge in [-0.3, -0.25) is 4.90 Å². The zero-order chi connectivity index (χ0) is 14.9. The zero-order valence-corrected chi connectivity index (χ0v) is 14.1. The lowest BCUT2D eigenvalue weighted by molar-refractivity contribution is -0.0872. The van der Waals surface area contributed by atoms with Gasteiger partial charge >= 0.3 is 0 Å². The fourth-order valence-electron chi connectivity index (χ4n) is 3.97. The van der Waals surface area contributed by atoms with E-state index in [1.165, 1.54) is 19.3 Å². The Labute approximate surface area is 125 Å². The predicted molar refractivity (Wildman–Crippen MR) is 84.8 cm³/mol. The first-order valence-electron chi connectivity index (χ1n) is 8.45. The molecule has 118 valence electrons. The van der Waals surface area contributed by atoms with Gasteiger partial charge in [0.1, 0.15) is 0 Å². The molecule has 2 N–H and O–H groups in total. The van der Waals surface area contributed by atoms with Crippen LogP contribution in [0.1, 0.15) is 60.3 Å². The molecule has 0 aromatic carbocycles. The number of hydrogen-bond acceptors (Lipinski definition) is 3. The smallest absolute Gasteiger partial charge is 0.0674 e. The van der Waals surface area contributed by atoms with Gasteiger partial charge in [0.2, 0.25) is 0 Å². The summed E-state index contributed by atoms with van der Waals surface area (Å²) in [5.41, 5.74) is 6.90. The number of nitrogens with two attached hydrogens (primary N) is 1. The summed E-state index contributed by atoms with van der Waals surface area (Å²) in [4.78, 5) is 2.68. The van der Waals surface area contributed by atoms with Crippen LogP contribution in [0.15, 0.2) is 0 Å². The van der Waals surface area contributed by atoms with Crippen LogP contribution >= 0.6 is 0 Å². The van der Waals surface area contributed by atoms with Gasteiger partial charge in [0.25, 0.3) is 0 Å². The Morgan fingerprint density at radius 3 is 2.55 bits per heavy atom. The maximum absolute atomic E-state index is 6.50. The molecule has 2 rings (SSSR count). The van der Waals surface area contributed by atoms with E-state index in [-0.39, 0.29) is 0 Å². The van der Waals surface area contributed by atoms with Crippen LogP contribution in [-0.2, 0) is 4.74 Å². The van der Waals surface area contributed by atoms with E-state index in [1.807, 2.05) is 0 Å². The molecule has 0 bridgehead atoms. The summed E-state index contributed by atoms with van der Waals surface area (Å²) in [6, 6.07) is 1.44. The first-order chi connectivity index (χ1) is 9.32. The van der Waals surface area contributed by atoms with Gasteiger partial charge in [0.05, 0.1) is 12.7 Å². The molecule has 20 heavy (non-hydrogen) atoms. The molecule has 3 nitrogen and oxygen atoms in total. The van der Waals surface area contributed by atoms with Crippen LogP contribution < -0.4 is 5.73 Å². The maximum atomic E-state index is 6.50. The SMILES string of the molecule is CCC1COC(C)CN1C1CC(C(C)(C)C)CCC1N. The van der Waals surface area contributed by atoms with Crippen LogP contribution in [0.2, 0.25) is 0 Å². The largest absolute Gasteiger partial charge is 0.376 e. The fourth-order valence-corrected chi connectivity index (χ4v) is 3.97. The maximum Gasteiger partial charge on any atom is 0.0674 e. The molecule has 1 saturated heterocycles. The van der Waals surface area contributed by atoms with Gasteiger partial charge in [0, 0.05) is 24.7 Å². The molecule has 3 heteroatoms. The first kappa shape index (κ1) is 16.3. The molecule has 5 atom stereocenters. The van der Waals surface area contributed by atoms with E-state index in [2.05, 4.69) is 39.5 Å². The molecule has 1 saturated carbocycles. The molecule has 0 amide bonds. The molecular formula is C17H34N2O. The van der Waals surface area contributed by atoms with E-state index in [1.54, 1.807) is 0 Å². The van der Waals surface area contributed by atoms with Crippen molar-refractivity contribution in [3.8, 4) is 0 Å². The van der Waals surface area contributed by atoms with E-state index in [0.717, 1.165) is 25.5 Å².